The van der Waals surface area contributed by atoms with E-state index in [-0.39, 0.29) is 0 Å². The van der Waals surface area contributed by atoms with Gasteiger partial charge in [-0.25, -0.2) is 9.78 Å². The molecule has 1 N–H and O–H groups in total. The van der Waals surface area contributed by atoms with Gasteiger partial charge in [0.25, 0.3) is 0 Å². The molecule has 0 saturated carbocycles. The first-order chi connectivity index (χ1) is 12.1. The molecule has 6 nitrogen and oxygen atoms in total. The van der Waals surface area contributed by atoms with Gasteiger partial charge in [0.05, 0.1) is 6.10 Å². The first-order valence-electron chi connectivity index (χ1n) is 8.50. The van der Waals surface area contributed by atoms with Gasteiger partial charge in [0, 0.05) is 25.8 Å². The van der Waals surface area contributed by atoms with Crippen LogP contribution in [0, 0.1) is 6.92 Å². The third-order valence-corrected chi connectivity index (χ3v) is 4.40. The summed E-state index contributed by atoms with van der Waals surface area (Å²) in [6.45, 7) is 6.45. The third-order valence-electron chi connectivity index (χ3n) is 4.40. The van der Waals surface area contributed by atoms with Crippen molar-refractivity contribution in [2.45, 2.75) is 26.5 Å². The van der Waals surface area contributed by atoms with Crippen molar-refractivity contribution in [1.82, 2.24) is 14.5 Å². The molecule has 0 aliphatic carbocycles. The fourth-order valence-electron chi connectivity index (χ4n) is 2.86. The van der Waals surface area contributed by atoms with Crippen molar-refractivity contribution in [3.8, 4) is 0 Å². The number of hydrogen-bond acceptors (Lipinski definition) is 5. The van der Waals surface area contributed by atoms with Crippen LogP contribution in [0.25, 0.3) is 11.2 Å². The molecule has 0 saturated heterocycles. The van der Waals surface area contributed by atoms with Gasteiger partial charge in [0.2, 0.25) is 0 Å². The summed E-state index contributed by atoms with van der Waals surface area (Å²) in [5, 5.41) is 10.5. The smallest absolute Gasteiger partial charge is 0.406 e. The number of hydrogen-bond donors (Lipinski definition) is 1. The van der Waals surface area contributed by atoms with E-state index in [1.807, 2.05) is 38.1 Å². The maximum atomic E-state index is 12.0. The number of aromatic nitrogens is 2. The Morgan fingerprint density at radius 1 is 1.28 bits per heavy atom. The summed E-state index contributed by atoms with van der Waals surface area (Å²) in [7, 11) is 0. The van der Waals surface area contributed by atoms with Crippen LogP contribution in [0.15, 0.2) is 51.8 Å². The molecule has 0 aliphatic heterocycles. The Kier molecular flexibility index (Phi) is 5.31. The monoisotopic (exact) mass is 341 g/mol. The third kappa shape index (κ3) is 3.97. The van der Waals surface area contributed by atoms with E-state index >= 15 is 0 Å². The predicted octanol–water partition coefficient (Wildman–Crippen LogP) is 2.35. The van der Waals surface area contributed by atoms with Crippen LogP contribution in [0.3, 0.4) is 0 Å². The van der Waals surface area contributed by atoms with E-state index < -0.39 is 11.9 Å². The number of likely N-dealkylation sites (N-methyl/N-ethyl adjacent to an activating group) is 1. The minimum absolute atomic E-state index is 0.399. The van der Waals surface area contributed by atoms with E-state index in [1.54, 1.807) is 18.3 Å². The van der Waals surface area contributed by atoms with Crippen molar-refractivity contribution in [2.24, 2.45) is 0 Å². The minimum Gasteiger partial charge on any atom is -0.406 e. The lowest BCUT2D eigenvalue weighted by atomic mass is 10.1. The minimum atomic E-state index is -0.559. The molecular formula is C19H23N3O3. The van der Waals surface area contributed by atoms with E-state index in [4.69, 9.17) is 4.42 Å². The number of fused-ring (bicyclic) bond motifs is 1. The molecule has 0 radical (unpaired) electrons. The van der Waals surface area contributed by atoms with Crippen molar-refractivity contribution < 1.29 is 9.52 Å². The highest BCUT2D eigenvalue weighted by Gasteiger charge is 2.15. The normalized spacial score (nSPS) is 12.8. The maximum Gasteiger partial charge on any atom is 0.421 e. The van der Waals surface area contributed by atoms with Gasteiger partial charge >= 0.3 is 5.76 Å². The molecule has 1 aromatic carbocycles. The van der Waals surface area contributed by atoms with Crippen LogP contribution >= 0.6 is 0 Å². The molecule has 1 atom stereocenters. The maximum absolute atomic E-state index is 12.0. The number of benzene rings is 1. The van der Waals surface area contributed by atoms with Gasteiger partial charge in [-0.1, -0.05) is 36.8 Å². The Morgan fingerprint density at radius 3 is 2.76 bits per heavy atom. The Morgan fingerprint density at radius 2 is 2.04 bits per heavy atom. The van der Waals surface area contributed by atoms with E-state index in [1.165, 1.54) is 10.1 Å². The van der Waals surface area contributed by atoms with Crippen molar-refractivity contribution in [3.05, 3.63) is 64.3 Å². The summed E-state index contributed by atoms with van der Waals surface area (Å²) < 4.78 is 6.74. The molecule has 3 aromatic rings. The molecule has 0 fully saturated rings. The highest BCUT2D eigenvalue weighted by molar-refractivity contribution is 5.67. The first kappa shape index (κ1) is 17.4. The number of aliphatic hydroxyl groups is 1. The van der Waals surface area contributed by atoms with E-state index in [2.05, 4.69) is 9.88 Å². The van der Waals surface area contributed by atoms with Crippen LogP contribution in [0.4, 0.5) is 0 Å². The molecule has 0 spiro atoms. The van der Waals surface area contributed by atoms with Crippen molar-refractivity contribution in [1.29, 1.82) is 0 Å². The van der Waals surface area contributed by atoms with Gasteiger partial charge in [-0.3, -0.25) is 9.47 Å². The lowest BCUT2D eigenvalue weighted by Gasteiger charge is -2.23. The molecule has 2 aromatic heterocycles. The highest BCUT2D eigenvalue weighted by Crippen LogP contribution is 2.15. The zero-order valence-electron chi connectivity index (χ0n) is 14.6. The van der Waals surface area contributed by atoms with Gasteiger partial charge in [-0.05, 0) is 31.2 Å². The molecule has 6 heteroatoms. The number of pyridine rings is 1. The number of aliphatic hydroxyl groups excluding tert-OH is 1. The number of nitrogens with zero attached hydrogens (tertiary/aromatic N) is 3. The Hall–Kier alpha value is -2.44. The Balaban J connectivity index is 1.67. The number of oxazole rings is 1. The van der Waals surface area contributed by atoms with Crippen LogP contribution in [-0.4, -0.2) is 39.2 Å². The first-order valence-corrected chi connectivity index (χ1v) is 8.50. The number of aryl methyl sites for hydroxylation is 1. The summed E-state index contributed by atoms with van der Waals surface area (Å²) in [5.74, 6) is -0.399. The van der Waals surface area contributed by atoms with E-state index in [0.717, 1.165) is 12.1 Å². The van der Waals surface area contributed by atoms with E-state index in [0.29, 0.717) is 30.9 Å². The molecule has 0 amide bonds. The van der Waals surface area contributed by atoms with E-state index in [9.17, 15) is 9.90 Å². The molecule has 0 aliphatic rings. The summed E-state index contributed by atoms with van der Waals surface area (Å²) in [6.07, 6.45) is 1.09. The van der Waals surface area contributed by atoms with Crippen LogP contribution in [0.2, 0.25) is 0 Å². The summed E-state index contributed by atoms with van der Waals surface area (Å²) >= 11 is 0. The van der Waals surface area contributed by atoms with Crippen molar-refractivity contribution >= 4 is 11.2 Å². The fraction of sp³-hybridized carbons (Fsp3) is 0.368. The summed E-state index contributed by atoms with van der Waals surface area (Å²) in [5.41, 5.74) is 3.12. The van der Waals surface area contributed by atoms with Crippen LogP contribution < -0.4 is 5.76 Å². The summed E-state index contributed by atoms with van der Waals surface area (Å²) in [6, 6.07) is 11.4. The van der Waals surface area contributed by atoms with Crippen LogP contribution in [0.1, 0.15) is 24.2 Å². The van der Waals surface area contributed by atoms with Crippen molar-refractivity contribution in [3.63, 3.8) is 0 Å². The van der Waals surface area contributed by atoms with Gasteiger partial charge < -0.3 is 9.52 Å². The molecule has 0 bridgehead atoms. The summed E-state index contributed by atoms with van der Waals surface area (Å²) in [4.78, 5) is 18.3. The second-order valence-electron chi connectivity index (χ2n) is 6.16. The lowest BCUT2D eigenvalue weighted by Crippen LogP contribution is -2.33. The number of rotatable bonds is 7. The second kappa shape index (κ2) is 7.63. The zero-order chi connectivity index (χ0) is 17.8. The molecule has 1 unspecified atom stereocenters. The van der Waals surface area contributed by atoms with Gasteiger partial charge in [0.1, 0.15) is 0 Å². The highest BCUT2D eigenvalue weighted by atomic mass is 16.4. The molecule has 25 heavy (non-hydrogen) atoms. The second-order valence-corrected chi connectivity index (χ2v) is 6.16. The standard InChI is InChI=1S/C19H23N3O3/c1-3-21(13-16(23)15-8-6-14(2)7-9-15)11-12-22-18-17(25-19(22)24)5-4-10-20-18/h4-10,16,23H,3,11-13H2,1-2H3. The molecule has 3 rings (SSSR count). The van der Waals surface area contributed by atoms with Gasteiger partial charge in [-0.2, -0.15) is 0 Å². The van der Waals surface area contributed by atoms with Gasteiger partial charge in [-0.15, -0.1) is 0 Å². The fourth-order valence-corrected chi connectivity index (χ4v) is 2.86. The topological polar surface area (TPSA) is 71.5 Å². The molecule has 2 heterocycles. The Labute approximate surface area is 146 Å². The SMILES string of the molecule is CCN(CCn1c(=O)oc2cccnc21)CC(O)c1ccc(C)cc1. The average molecular weight is 341 g/mol. The zero-order valence-corrected chi connectivity index (χ0v) is 14.6. The lowest BCUT2D eigenvalue weighted by molar-refractivity contribution is 0.113. The quantitative estimate of drug-likeness (QED) is 0.714. The average Bonchev–Trinajstić information content (AvgIpc) is 2.94. The van der Waals surface area contributed by atoms with Crippen LogP contribution in [0.5, 0.6) is 0 Å². The van der Waals surface area contributed by atoms with Crippen molar-refractivity contribution in [2.75, 3.05) is 19.6 Å². The van der Waals surface area contributed by atoms with Gasteiger partial charge in [0.15, 0.2) is 11.2 Å². The largest absolute Gasteiger partial charge is 0.421 e. The van der Waals surface area contributed by atoms with Crippen LogP contribution in [-0.2, 0) is 6.54 Å². The molecule has 132 valence electrons. The molecular weight excluding hydrogens is 318 g/mol. The predicted molar refractivity (Wildman–Crippen MR) is 96.5 cm³/mol. The Bertz CT molecular complexity index is 883.